The van der Waals surface area contributed by atoms with Crippen LogP contribution in [0.1, 0.15) is 16.1 Å². The Morgan fingerprint density at radius 2 is 2.00 bits per heavy atom. The van der Waals surface area contributed by atoms with E-state index in [9.17, 15) is 4.79 Å². The van der Waals surface area contributed by atoms with E-state index in [-0.39, 0.29) is 5.91 Å². The van der Waals surface area contributed by atoms with E-state index in [1.54, 1.807) is 28.9 Å². The summed E-state index contributed by atoms with van der Waals surface area (Å²) in [7, 11) is 0. The molecule has 3 aromatic heterocycles. The average Bonchev–Trinajstić information content (AvgIpc) is 3.33. The Balaban J connectivity index is 1.31. The lowest BCUT2D eigenvalue weighted by Crippen LogP contribution is -2.28. The number of carbonyl (C=O) groups excluding carboxylic acids is 1. The molecule has 0 spiro atoms. The van der Waals surface area contributed by atoms with Crippen molar-refractivity contribution in [2.45, 2.75) is 6.92 Å². The van der Waals surface area contributed by atoms with Crippen molar-refractivity contribution in [1.29, 1.82) is 0 Å². The van der Waals surface area contributed by atoms with Gasteiger partial charge in [-0.3, -0.25) is 4.79 Å². The molecule has 0 saturated heterocycles. The lowest BCUT2D eigenvalue weighted by Gasteiger charge is -2.08. The Bertz CT molecular complexity index is 1090. The van der Waals surface area contributed by atoms with Crippen LogP contribution in [-0.4, -0.2) is 47.5 Å². The zero-order valence-electron chi connectivity index (χ0n) is 14.5. The van der Waals surface area contributed by atoms with Crippen molar-refractivity contribution in [3.05, 3.63) is 54.1 Å². The predicted octanol–water partition coefficient (Wildman–Crippen LogP) is 1.82. The van der Waals surface area contributed by atoms with Gasteiger partial charge < -0.3 is 10.6 Å². The van der Waals surface area contributed by atoms with Gasteiger partial charge in [0.15, 0.2) is 5.82 Å². The Morgan fingerprint density at radius 1 is 1.11 bits per heavy atom. The van der Waals surface area contributed by atoms with Crippen molar-refractivity contribution in [1.82, 2.24) is 33.8 Å². The molecule has 0 unspecified atom stereocenters. The fourth-order valence-corrected chi connectivity index (χ4v) is 3.02. The third-order valence-corrected chi connectivity index (χ3v) is 4.40. The first-order valence-corrected chi connectivity index (χ1v) is 9.01. The third kappa shape index (κ3) is 3.90. The van der Waals surface area contributed by atoms with Gasteiger partial charge in [0, 0.05) is 30.9 Å². The average molecular weight is 380 g/mol. The van der Waals surface area contributed by atoms with E-state index < -0.39 is 0 Å². The molecule has 0 atom stereocenters. The van der Waals surface area contributed by atoms with Crippen LogP contribution in [0.4, 0.5) is 5.82 Å². The van der Waals surface area contributed by atoms with Crippen LogP contribution < -0.4 is 10.6 Å². The fraction of sp³-hybridized carbons (Fsp3) is 0.176. The maximum absolute atomic E-state index is 12.2. The number of hydrogen-bond donors (Lipinski definition) is 2. The molecule has 27 heavy (non-hydrogen) atoms. The summed E-state index contributed by atoms with van der Waals surface area (Å²) in [4.78, 5) is 20.6. The molecule has 0 aliphatic carbocycles. The molecular weight excluding hydrogens is 364 g/mol. The first-order chi connectivity index (χ1) is 13.2. The number of rotatable bonds is 6. The van der Waals surface area contributed by atoms with Crippen LogP contribution in [0.3, 0.4) is 0 Å². The van der Waals surface area contributed by atoms with Gasteiger partial charge in [-0.05, 0) is 31.2 Å². The highest BCUT2D eigenvalue weighted by Crippen LogP contribution is 2.13. The molecule has 3 heterocycles. The van der Waals surface area contributed by atoms with Crippen molar-refractivity contribution in [2.24, 2.45) is 0 Å². The van der Waals surface area contributed by atoms with Crippen LogP contribution in [0.2, 0.25) is 0 Å². The summed E-state index contributed by atoms with van der Waals surface area (Å²) in [6.45, 7) is 2.90. The van der Waals surface area contributed by atoms with Gasteiger partial charge in [0.2, 0.25) is 0 Å². The molecule has 136 valence electrons. The van der Waals surface area contributed by atoms with Crippen LogP contribution in [0.15, 0.2) is 42.9 Å². The topological polar surface area (TPSA) is 111 Å². The fourth-order valence-electron chi connectivity index (χ4n) is 2.50. The molecule has 1 aromatic carbocycles. The standard InChI is InChI=1S/C17H16N8OS/c1-11-4-7-25(22-11)16-9-15(20-10-21-16)18-5-6-19-17(26)12-2-3-13-14(8-12)24-27-23-13/h2-4,7-10H,5-6H2,1H3,(H,19,26)(H,18,20,21). The van der Waals surface area contributed by atoms with Gasteiger partial charge in [-0.1, -0.05) is 0 Å². The Hall–Kier alpha value is -3.40. The minimum absolute atomic E-state index is 0.151. The first kappa shape index (κ1) is 17.0. The molecule has 0 radical (unpaired) electrons. The summed E-state index contributed by atoms with van der Waals surface area (Å²) in [5.74, 6) is 1.19. The number of benzene rings is 1. The van der Waals surface area contributed by atoms with E-state index in [0.29, 0.717) is 30.3 Å². The smallest absolute Gasteiger partial charge is 0.251 e. The van der Waals surface area contributed by atoms with Gasteiger partial charge in [0.1, 0.15) is 23.2 Å². The summed E-state index contributed by atoms with van der Waals surface area (Å²) >= 11 is 1.13. The highest BCUT2D eigenvalue weighted by molar-refractivity contribution is 7.00. The lowest BCUT2D eigenvalue weighted by molar-refractivity contribution is 0.0955. The molecule has 1 amide bonds. The molecule has 10 heteroatoms. The molecule has 0 saturated carbocycles. The highest BCUT2D eigenvalue weighted by Gasteiger charge is 2.08. The van der Waals surface area contributed by atoms with Crippen LogP contribution in [0, 0.1) is 6.92 Å². The number of carbonyl (C=O) groups is 1. The monoisotopic (exact) mass is 380 g/mol. The molecular formula is C17H16N8OS. The summed E-state index contributed by atoms with van der Waals surface area (Å²) in [6, 6.07) is 8.99. The zero-order valence-corrected chi connectivity index (χ0v) is 15.3. The number of aryl methyl sites for hydroxylation is 1. The van der Waals surface area contributed by atoms with Gasteiger partial charge >= 0.3 is 0 Å². The van der Waals surface area contributed by atoms with Gasteiger partial charge in [-0.25, -0.2) is 14.6 Å². The number of nitrogens with zero attached hydrogens (tertiary/aromatic N) is 6. The van der Waals surface area contributed by atoms with Crippen molar-refractivity contribution in [3.63, 3.8) is 0 Å². The summed E-state index contributed by atoms with van der Waals surface area (Å²) in [5.41, 5.74) is 3.00. The maximum atomic E-state index is 12.2. The van der Waals surface area contributed by atoms with E-state index in [4.69, 9.17) is 0 Å². The number of nitrogens with one attached hydrogen (secondary N) is 2. The second-order valence-electron chi connectivity index (χ2n) is 5.81. The Labute approximate surface area is 158 Å². The summed E-state index contributed by atoms with van der Waals surface area (Å²) < 4.78 is 9.97. The Morgan fingerprint density at radius 3 is 2.85 bits per heavy atom. The number of amides is 1. The van der Waals surface area contributed by atoms with Crippen molar-refractivity contribution >= 4 is 34.5 Å². The largest absolute Gasteiger partial charge is 0.368 e. The third-order valence-electron chi connectivity index (χ3n) is 3.84. The van der Waals surface area contributed by atoms with E-state index in [1.165, 1.54) is 6.33 Å². The minimum atomic E-state index is -0.151. The number of fused-ring (bicyclic) bond motifs is 1. The molecule has 0 aliphatic rings. The van der Waals surface area contributed by atoms with Crippen LogP contribution in [-0.2, 0) is 0 Å². The van der Waals surface area contributed by atoms with Crippen molar-refractivity contribution in [2.75, 3.05) is 18.4 Å². The predicted molar refractivity (Wildman–Crippen MR) is 102 cm³/mol. The zero-order chi connectivity index (χ0) is 18.6. The summed E-state index contributed by atoms with van der Waals surface area (Å²) in [5, 5.41) is 10.4. The number of anilines is 1. The van der Waals surface area contributed by atoms with E-state index in [0.717, 1.165) is 28.5 Å². The van der Waals surface area contributed by atoms with Gasteiger partial charge in [-0.2, -0.15) is 13.8 Å². The van der Waals surface area contributed by atoms with Gasteiger partial charge in [0.25, 0.3) is 5.91 Å². The molecule has 2 N–H and O–H groups in total. The quantitative estimate of drug-likeness (QED) is 0.491. The Kier molecular flexibility index (Phi) is 4.71. The van der Waals surface area contributed by atoms with E-state index >= 15 is 0 Å². The normalized spacial score (nSPS) is 10.9. The van der Waals surface area contributed by atoms with Crippen molar-refractivity contribution in [3.8, 4) is 5.82 Å². The second-order valence-corrected chi connectivity index (χ2v) is 6.34. The van der Waals surface area contributed by atoms with Gasteiger partial charge in [0.05, 0.1) is 17.4 Å². The lowest BCUT2D eigenvalue weighted by atomic mass is 10.2. The molecule has 4 aromatic rings. The second kappa shape index (κ2) is 7.46. The highest BCUT2D eigenvalue weighted by atomic mass is 32.1. The minimum Gasteiger partial charge on any atom is -0.368 e. The SMILES string of the molecule is Cc1ccn(-c2cc(NCCNC(=O)c3ccc4nsnc4c3)ncn2)n1. The molecule has 4 rings (SSSR count). The summed E-state index contributed by atoms with van der Waals surface area (Å²) in [6.07, 6.45) is 3.32. The molecule has 9 nitrogen and oxygen atoms in total. The van der Waals surface area contributed by atoms with Crippen molar-refractivity contribution < 1.29 is 4.79 Å². The van der Waals surface area contributed by atoms with E-state index in [1.807, 2.05) is 19.2 Å². The molecule has 0 bridgehead atoms. The first-order valence-electron chi connectivity index (χ1n) is 8.28. The number of hydrogen-bond acceptors (Lipinski definition) is 8. The number of aromatic nitrogens is 6. The maximum Gasteiger partial charge on any atom is 0.251 e. The van der Waals surface area contributed by atoms with Crippen LogP contribution >= 0.6 is 11.7 Å². The van der Waals surface area contributed by atoms with E-state index in [2.05, 4.69) is 34.4 Å². The van der Waals surface area contributed by atoms with Crippen LogP contribution in [0.25, 0.3) is 16.9 Å². The van der Waals surface area contributed by atoms with Crippen LogP contribution in [0.5, 0.6) is 0 Å². The molecule has 0 fully saturated rings. The van der Waals surface area contributed by atoms with Gasteiger partial charge in [-0.15, -0.1) is 0 Å². The molecule has 0 aliphatic heterocycles.